The number of piperazine rings is 1. The second-order valence-electron chi connectivity index (χ2n) is 4.46. The predicted octanol–water partition coefficient (Wildman–Crippen LogP) is 1.81. The van der Waals surface area contributed by atoms with E-state index in [-0.39, 0.29) is 5.91 Å². The van der Waals surface area contributed by atoms with Gasteiger partial charge in [-0.2, -0.15) is 0 Å². The van der Waals surface area contributed by atoms with Crippen LogP contribution in [0, 0.1) is 0 Å². The standard InChI is InChI=1S/C13H18BrN3O/c1-2-16-5-7-17(8-6-16)13(18)10-3-4-12(15)11(14)9-10/h3-4,9H,2,5-8,15H2,1H3. The second-order valence-corrected chi connectivity index (χ2v) is 5.32. The van der Waals surface area contributed by atoms with Gasteiger partial charge in [-0.3, -0.25) is 4.79 Å². The molecule has 1 aromatic carbocycles. The van der Waals surface area contributed by atoms with Gasteiger partial charge in [0.1, 0.15) is 0 Å². The number of halogens is 1. The van der Waals surface area contributed by atoms with E-state index in [0.29, 0.717) is 11.3 Å². The van der Waals surface area contributed by atoms with Crippen LogP contribution in [0.4, 0.5) is 5.69 Å². The van der Waals surface area contributed by atoms with Crippen molar-refractivity contribution in [1.82, 2.24) is 9.80 Å². The van der Waals surface area contributed by atoms with Gasteiger partial charge in [0.05, 0.1) is 0 Å². The van der Waals surface area contributed by atoms with Gasteiger partial charge in [-0.1, -0.05) is 6.92 Å². The quantitative estimate of drug-likeness (QED) is 0.847. The second kappa shape index (κ2) is 5.71. The fraction of sp³-hybridized carbons (Fsp3) is 0.462. The SMILES string of the molecule is CCN1CCN(C(=O)c2ccc(N)c(Br)c2)CC1. The fourth-order valence-electron chi connectivity index (χ4n) is 2.11. The lowest BCUT2D eigenvalue weighted by Crippen LogP contribution is -2.48. The van der Waals surface area contributed by atoms with Crippen LogP contribution in [-0.2, 0) is 0 Å². The average molecular weight is 312 g/mol. The minimum Gasteiger partial charge on any atom is -0.398 e. The maximum Gasteiger partial charge on any atom is 0.253 e. The Balaban J connectivity index is 2.05. The molecule has 18 heavy (non-hydrogen) atoms. The molecule has 4 nitrogen and oxygen atoms in total. The third-order valence-electron chi connectivity index (χ3n) is 3.35. The number of hydrogen-bond donors (Lipinski definition) is 1. The van der Waals surface area contributed by atoms with E-state index in [9.17, 15) is 4.79 Å². The molecule has 5 heteroatoms. The summed E-state index contributed by atoms with van der Waals surface area (Å²) in [4.78, 5) is 16.6. The monoisotopic (exact) mass is 311 g/mol. The molecule has 1 amide bonds. The predicted molar refractivity (Wildman–Crippen MR) is 76.6 cm³/mol. The molecule has 1 fully saturated rings. The Labute approximate surface area is 116 Å². The van der Waals surface area contributed by atoms with Gasteiger partial charge in [0.25, 0.3) is 5.91 Å². The zero-order valence-corrected chi connectivity index (χ0v) is 12.1. The first-order valence-corrected chi connectivity index (χ1v) is 6.97. The largest absolute Gasteiger partial charge is 0.398 e. The third-order valence-corrected chi connectivity index (χ3v) is 4.04. The molecule has 0 unspecified atom stereocenters. The first-order chi connectivity index (χ1) is 8.61. The number of rotatable bonds is 2. The van der Waals surface area contributed by atoms with E-state index in [2.05, 4.69) is 27.8 Å². The Morgan fingerprint density at radius 1 is 1.33 bits per heavy atom. The highest BCUT2D eigenvalue weighted by molar-refractivity contribution is 9.10. The molecule has 1 aromatic rings. The van der Waals surface area contributed by atoms with Crippen molar-refractivity contribution in [2.45, 2.75) is 6.92 Å². The Morgan fingerprint density at radius 2 is 2.00 bits per heavy atom. The topological polar surface area (TPSA) is 49.6 Å². The van der Waals surface area contributed by atoms with Crippen LogP contribution < -0.4 is 5.73 Å². The van der Waals surface area contributed by atoms with Gasteiger partial charge in [0, 0.05) is 41.9 Å². The van der Waals surface area contributed by atoms with Gasteiger partial charge < -0.3 is 15.5 Å². The van der Waals surface area contributed by atoms with Gasteiger partial charge >= 0.3 is 0 Å². The summed E-state index contributed by atoms with van der Waals surface area (Å²) in [7, 11) is 0. The molecule has 0 aromatic heterocycles. The van der Waals surface area contributed by atoms with E-state index in [1.165, 1.54) is 0 Å². The normalized spacial score (nSPS) is 16.9. The molecule has 0 bridgehead atoms. The molecule has 0 aliphatic carbocycles. The van der Waals surface area contributed by atoms with Crippen molar-refractivity contribution in [1.29, 1.82) is 0 Å². The van der Waals surface area contributed by atoms with Gasteiger partial charge in [-0.05, 0) is 40.7 Å². The summed E-state index contributed by atoms with van der Waals surface area (Å²) in [6.45, 7) is 6.71. The van der Waals surface area contributed by atoms with Crippen LogP contribution in [0.25, 0.3) is 0 Å². The zero-order valence-electron chi connectivity index (χ0n) is 10.5. The number of nitrogen functional groups attached to an aromatic ring is 1. The van der Waals surface area contributed by atoms with E-state index in [0.717, 1.165) is 37.2 Å². The summed E-state index contributed by atoms with van der Waals surface area (Å²) in [6.07, 6.45) is 0. The Morgan fingerprint density at radius 3 is 2.56 bits per heavy atom. The molecule has 1 aliphatic rings. The number of benzene rings is 1. The lowest BCUT2D eigenvalue weighted by molar-refractivity contribution is 0.0643. The number of amides is 1. The van der Waals surface area contributed by atoms with Crippen molar-refractivity contribution in [2.75, 3.05) is 38.5 Å². The maximum atomic E-state index is 12.3. The van der Waals surface area contributed by atoms with Crippen LogP contribution in [0.5, 0.6) is 0 Å². The minimum atomic E-state index is 0.0893. The van der Waals surface area contributed by atoms with Crippen LogP contribution >= 0.6 is 15.9 Å². The van der Waals surface area contributed by atoms with Gasteiger partial charge in [-0.25, -0.2) is 0 Å². The highest BCUT2D eigenvalue weighted by Crippen LogP contribution is 2.21. The molecule has 0 spiro atoms. The molecule has 2 N–H and O–H groups in total. The van der Waals surface area contributed by atoms with Crippen LogP contribution in [0.15, 0.2) is 22.7 Å². The zero-order chi connectivity index (χ0) is 13.1. The molecule has 1 aliphatic heterocycles. The van der Waals surface area contributed by atoms with Crippen molar-refractivity contribution in [3.05, 3.63) is 28.2 Å². The highest BCUT2D eigenvalue weighted by Gasteiger charge is 2.21. The molecule has 1 saturated heterocycles. The first kappa shape index (κ1) is 13.4. The van der Waals surface area contributed by atoms with Crippen molar-refractivity contribution in [3.8, 4) is 0 Å². The third kappa shape index (κ3) is 2.84. The van der Waals surface area contributed by atoms with Crippen LogP contribution in [0.3, 0.4) is 0 Å². The summed E-state index contributed by atoms with van der Waals surface area (Å²) in [6, 6.07) is 5.35. The summed E-state index contributed by atoms with van der Waals surface area (Å²) < 4.78 is 0.778. The molecule has 0 atom stereocenters. The number of nitrogens with two attached hydrogens (primary N) is 1. The molecule has 1 heterocycles. The minimum absolute atomic E-state index is 0.0893. The molecular weight excluding hydrogens is 294 g/mol. The van der Waals surface area contributed by atoms with E-state index in [4.69, 9.17) is 5.73 Å². The molecule has 98 valence electrons. The average Bonchev–Trinajstić information content (AvgIpc) is 2.41. The lowest BCUT2D eigenvalue weighted by atomic mass is 10.1. The van der Waals surface area contributed by atoms with E-state index in [1.54, 1.807) is 18.2 Å². The Hall–Kier alpha value is -1.07. The highest BCUT2D eigenvalue weighted by atomic mass is 79.9. The summed E-state index contributed by atoms with van der Waals surface area (Å²) >= 11 is 3.36. The van der Waals surface area contributed by atoms with Crippen molar-refractivity contribution in [3.63, 3.8) is 0 Å². The summed E-state index contributed by atoms with van der Waals surface area (Å²) in [5, 5.41) is 0. The fourth-order valence-corrected chi connectivity index (χ4v) is 2.49. The summed E-state index contributed by atoms with van der Waals surface area (Å²) in [5.74, 6) is 0.0893. The number of nitrogens with zero attached hydrogens (tertiary/aromatic N) is 2. The van der Waals surface area contributed by atoms with Crippen molar-refractivity contribution < 1.29 is 4.79 Å². The number of likely N-dealkylation sites (N-methyl/N-ethyl adjacent to an activating group) is 1. The number of carbonyl (C=O) groups excluding carboxylic acids is 1. The number of carbonyl (C=O) groups is 1. The Kier molecular flexibility index (Phi) is 4.24. The maximum absolute atomic E-state index is 12.3. The molecule has 2 rings (SSSR count). The van der Waals surface area contributed by atoms with Crippen LogP contribution in [-0.4, -0.2) is 48.4 Å². The smallest absolute Gasteiger partial charge is 0.253 e. The molecular formula is C13H18BrN3O. The first-order valence-electron chi connectivity index (χ1n) is 6.18. The van der Waals surface area contributed by atoms with E-state index >= 15 is 0 Å². The molecule has 0 saturated carbocycles. The number of anilines is 1. The van der Waals surface area contributed by atoms with Crippen molar-refractivity contribution in [2.24, 2.45) is 0 Å². The van der Waals surface area contributed by atoms with Gasteiger partial charge in [0.2, 0.25) is 0 Å². The molecule has 0 radical (unpaired) electrons. The lowest BCUT2D eigenvalue weighted by Gasteiger charge is -2.34. The Bertz CT molecular complexity index is 442. The van der Waals surface area contributed by atoms with E-state index < -0.39 is 0 Å². The van der Waals surface area contributed by atoms with Crippen LogP contribution in [0.2, 0.25) is 0 Å². The number of hydrogen-bond acceptors (Lipinski definition) is 3. The summed E-state index contributed by atoms with van der Waals surface area (Å²) in [5.41, 5.74) is 7.08. The van der Waals surface area contributed by atoms with Gasteiger partial charge in [-0.15, -0.1) is 0 Å². The van der Waals surface area contributed by atoms with Crippen LogP contribution in [0.1, 0.15) is 17.3 Å². The van der Waals surface area contributed by atoms with E-state index in [1.807, 2.05) is 4.90 Å². The van der Waals surface area contributed by atoms with Crippen molar-refractivity contribution >= 4 is 27.5 Å². The van der Waals surface area contributed by atoms with Gasteiger partial charge in [0.15, 0.2) is 0 Å².